The second kappa shape index (κ2) is 4.10. The quantitative estimate of drug-likeness (QED) is 0.608. The molecule has 0 radical (unpaired) electrons. The van der Waals surface area contributed by atoms with E-state index in [4.69, 9.17) is 4.74 Å². The molecule has 2 heteroatoms. The van der Waals surface area contributed by atoms with Gasteiger partial charge in [-0.15, -0.1) is 0 Å². The predicted octanol–water partition coefficient (Wildman–Crippen LogP) is 4.69. The molecule has 1 heterocycles. The zero-order chi connectivity index (χ0) is 15.2. The van der Waals surface area contributed by atoms with E-state index < -0.39 is 0 Å². The molecule has 0 aromatic carbocycles. The van der Waals surface area contributed by atoms with E-state index in [1.165, 1.54) is 44.9 Å². The third kappa shape index (κ3) is 1.46. The Bertz CT molecular complexity index is 552. The average Bonchev–Trinajstić information content (AvgIpc) is 3.07. The largest absolute Gasteiger partial charge is 0.365 e. The van der Waals surface area contributed by atoms with Crippen LogP contribution in [0, 0.1) is 45.8 Å². The van der Waals surface area contributed by atoms with Crippen LogP contribution in [0.25, 0.3) is 0 Å². The van der Waals surface area contributed by atoms with Gasteiger partial charge >= 0.3 is 0 Å². The molecule has 5 rings (SSSR count). The maximum absolute atomic E-state index is 9.51. The van der Waals surface area contributed by atoms with Gasteiger partial charge in [-0.05, 0) is 74.5 Å². The first-order chi connectivity index (χ1) is 10.5. The molecule has 0 bridgehead atoms. The molecule has 1 spiro atoms. The molecule has 3 unspecified atom stereocenters. The van der Waals surface area contributed by atoms with Gasteiger partial charge in [0.05, 0.1) is 12.2 Å². The van der Waals surface area contributed by atoms with Crippen LogP contribution in [0.3, 0.4) is 0 Å². The average molecular weight is 299 g/mol. The summed E-state index contributed by atoms with van der Waals surface area (Å²) in [6, 6.07) is 2.59. The third-order valence-electron chi connectivity index (χ3n) is 9.02. The molecule has 8 atom stereocenters. The summed E-state index contributed by atoms with van der Waals surface area (Å²) in [5.41, 5.74) is 1.09. The summed E-state index contributed by atoms with van der Waals surface area (Å²) in [7, 11) is 0. The lowest BCUT2D eigenvalue weighted by atomic mass is 9.44. The summed E-state index contributed by atoms with van der Waals surface area (Å²) in [4.78, 5) is 0. The number of nitriles is 1. The Morgan fingerprint density at radius 1 is 1.05 bits per heavy atom. The smallest absolute Gasteiger partial charge is 0.100 e. The van der Waals surface area contributed by atoms with Crippen molar-refractivity contribution >= 4 is 0 Å². The Morgan fingerprint density at radius 2 is 1.91 bits per heavy atom. The highest BCUT2D eigenvalue weighted by Crippen LogP contribution is 2.73. The molecule has 5 aliphatic rings. The van der Waals surface area contributed by atoms with Gasteiger partial charge in [-0.25, -0.2) is 0 Å². The molecule has 2 nitrogen and oxygen atoms in total. The first-order valence-electron chi connectivity index (χ1n) is 9.60. The fourth-order valence-corrected chi connectivity index (χ4v) is 7.91. The predicted molar refractivity (Wildman–Crippen MR) is 84.9 cm³/mol. The monoisotopic (exact) mass is 299 g/mol. The van der Waals surface area contributed by atoms with Crippen LogP contribution in [-0.2, 0) is 4.74 Å². The van der Waals surface area contributed by atoms with Gasteiger partial charge in [0.15, 0.2) is 0 Å². The molecular formula is C20H29NO. The zero-order valence-corrected chi connectivity index (χ0v) is 14.1. The number of rotatable bonds is 0. The number of hydrogen-bond acceptors (Lipinski definition) is 2. The molecular weight excluding hydrogens is 270 g/mol. The lowest BCUT2D eigenvalue weighted by Crippen LogP contribution is -2.57. The molecule has 0 aromatic heterocycles. The second-order valence-corrected chi connectivity index (χ2v) is 9.68. The Labute approximate surface area is 134 Å². The maximum Gasteiger partial charge on any atom is 0.100 e. The SMILES string of the molecule is C[C@@]12CCC[C@H]1[C@@H]1CCC34OC3CC(C#N)C[C@]4(C)[C@@H]1CC2. The van der Waals surface area contributed by atoms with Crippen LogP contribution in [0.15, 0.2) is 0 Å². The van der Waals surface area contributed by atoms with Crippen molar-refractivity contribution < 1.29 is 4.74 Å². The van der Waals surface area contributed by atoms with E-state index in [1.807, 2.05) is 0 Å². The third-order valence-corrected chi connectivity index (χ3v) is 9.02. The van der Waals surface area contributed by atoms with Crippen LogP contribution in [0.2, 0.25) is 0 Å². The van der Waals surface area contributed by atoms with Crippen LogP contribution in [-0.4, -0.2) is 11.7 Å². The number of ether oxygens (including phenoxy) is 1. The Balaban J connectivity index is 1.52. The van der Waals surface area contributed by atoms with E-state index in [0.717, 1.165) is 30.6 Å². The number of hydrogen-bond donors (Lipinski definition) is 0. The zero-order valence-electron chi connectivity index (χ0n) is 14.1. The van der Waals surface area contributed by atoms with Crippen LogP contribution in [0.5, 0.6) is 0 Å². The van der Waals surface area contributed by atoms with Crippen LogP contribution >= 0.6 is 0 Å². The van der Waals surface area contributed by atoms with Gasteiger partial charge in [0, 0.05) is 11.3 Å². The minimum Gasteiger partial charge on any atom is -0.365 e. The van der Waals surface area contributed by atoms with Crippen LogP contribution < -0.4 is 0 Å². The van der Waals surface area contributed by atoms with Gasteiger partial charge in [0.2, 0.25) is 0 Å². The van der Waals surface area contributed by atoms with Gasteiger partial charge in [-0.3, -0.25) is 0 Å². The van der Waals surface area contributed by atoms with E-state index in [2.05, 4.69) is 19.9 Å². The highest BCUT2D eigenvalue weighted by atomic mass is 16.6. The van der Waals surface area contributed by atoms with Gasteiger partial charge in [0.1, 0.15) is 5.60 Å². The fraction of sp³-hybridized carbons (Fsp3) is 0.950. The molecule has 5 fully saturated rings. The molecule has 4 saturated carbocycles. The van der Waals surface area contributed by atoms with Gasteiger partial charge in [-0.1, -0.05) is 20.3 Å². The first-order valence-corrected chi connectivity index (χ1v) is 9.60. The minimum absolute atomic E-state index is 0.174. The molecule has 0 aromatic rings. The molecule has 0 amide bonds. The van der Waals surface area contributed by atoms with Crippen molar-refractivity contribution in [2.24, 2.45) is 34.5 Å². The van der Waals surface area contributed by atoms with E-state index in [9.17, 15) is 5.26 Å². The molecule has 22 heavy (non-hydrogen) atoms. The highest BCUT2D eigenvalue weighted by molar-refractivity contribution is 5.24. The van der Waals surface area contributed by atoms with Gasteiger partial charge < -0.3 is 4.74 Å². The molecule has 1 saturated heterocycles. The van der Waals surface area contributed by atoms with Crippen molar-refractivity contribution in [3.8, 4) is 6.07 Å². The van der Waals surface area contributed by atoms with E-state index in [-0.39, 0.29) is 16.9 Å². The van der Waals surface area contributed by atoms with Crippen molar-refractivity contribution in [2.75, 3.05) is 0 Å². The first kappa shape index (κ1) is 13.8. The summed E-state index contributed by atoms with van der Waals surface area (Å²) in [5.74, 6) is 2.93. The summed E-state index contributed by atoms with van der Waals surface area (Å²) in [6.07, 6.45) is 12.4. The lowest BCUT2D eigenvalue weighted by molar-refractivity contribution is -0.108. The van der Waals surface area contributed by atoms with Crippen molar-refractivity contribution in [1.29, 1.82) is 5.26 Å². The Morgan fingerprint density at radius 3 is 2.73 bits per heavy atom. The molecule has 1 aliphatic heterocycles. The summed E-state index contributed by atoms with van der Waals surface area (Å²) < 4.78 is 6.34. The number of epoxide rings is 1. The molecule has 0 N–H and O–H groups in total. The van der Waals surface area contributed by atoms with Crippen LogP contribution in [0.4, 0.5) is 0 Å². The number of nitrogens with zero attached hydrogens (tertiary/aromatic N) is 1. The van der Waals surface area contributed by atoms with E-state index >= 15 is 0 Å². The standard InChI is InChI=1S/C20H29NO/c1-18-7-3-4-15(18)14-5-9-20-17(22-20)10-13(12-21)11-19(20,2)16(14)6-8-18/h13-17H,3-11H2,1-2H3/t13?,14-,15-,16+,17?,18-,19+,20?/m0/s1. The molecule has 120 valence electrons. The minimum atomic E-state index is 0.174. The fourth-order valence-electron chi connectivity index (χ4n) is 7.91. The van der Waals surface area contributed by atoms with Crippen LogP contribution in [0.1, 0.15) is 71.6 Å². The van der Waals surface area contributed by atoms with Gasteiger partial charge in [0.25, 0.3) is 0 Å². The normalized spacial score (nSPS) is 62.1. The number of fused-ring (bicyclic) bond motifs is 4. The lowest BCUT2D eigenvalue weighted by Gasteiger charge is -2.59. The van der Waals surface area contributed by atoms with E-state index in [0.29, 0.717) is 11.5 Å². The Hall–Kier alpha value is -0.550. The Kier molecular flexibility index (Phi) is 2.58. The molecule has 4 aliphatic carbocycles. The van der Waals surface area contributed by atoms with Crippen molar-refractivity contribution in [3.05, 3.63) is 0 Å². The van der Waals surface area contributed by atoms with E-state index in [1.54, 1.807) is 0 Å². The topological polar surface area (TPSA) is 36.3 Å². The highest BCUT2D eigenvalue weighted by Gasteiger charge is 2.74. The van der Waals surface area contributed by atoms with Crippen molar-refractivity contribution in [2.45, 2.75) is 83.3 Å². The maximum atomic E-state index is 9.51. The van der Waals surface area contributed by atoms with Crippen molar-refractivity contribution in [3.63, 3.8) is 0 Å². The summed E-state index contributed by atoms with van der Waals surface area (Å²) in [6.45, 7) is 5.08. The van der Waals surface area contributed by atoms with Crippen molar-refractivity contribution in [1.82, 2.24) is 0 Å². The second-order valence-electron chi connectivity index (χ2n) is 9.68. The van der Waals surface area contributed by atoms with Gasteiger partial charge in [-0.2, -0.15) is 5.26 Å². The summed E-state index contributed by atoms with van der Waals surface area (Å²) >= 11 is 0. The summed E-state index contributed by atoms with van der Waals surface area (Å²) in [5, 5.41) is 9.51.